The molecule has 0 saturated carbocycles. The molecular weight excluding hydrogens is 423 g/mol. The second-order valence-corrected chi connectivity index (χ2v) is 5.09. The van der Waals surface area contributed by atoms with E-state index in [2.05, 4.69) is 15.6 Å². The predicted octanol–water partition coefficient (Wildman–Crippen LogP) is 3.88. The SMILES string of the molecule is CCNC(=NCc1ccccc1F)NCCc1cccc(F)c1.I. The number of guanidine groups is 1. The van der Waals surface area contributed by atoms with E-state index in [0.717, 1.165) is 5.56 Å². The van der Waals surface area contributed by atoms with Gasteiger partial charge in [0.2, 0.25) is 0 Å². The number of aliphatic imine (C=N–C) groups is 1. The maximum atomic E-state index is 13.6. The molecule has 0 aromatic heterocycles. The van der Waals surface area contributed by atoms with Crippen molar-refractivity contribution in [3.63, 3.8) is 0 Å². The molecule has 0 unspecified atom stereocenters. The molecule has 0 atom stereocenters. The molecular formula is C18H22F2IN3. The molecule has 2 N–H and O–H groups in total. The highest BCUT2D eigenvalue weighted by molar-refractivity contribution is 14.0. The van der Waals surface area contributed by atoms with Crippen molar-refractivity contribution in [1.82, 2.24) is 10.6 Å². The van der Waals surface area contributed by atoms with Crippen LogP contribution in [0.15, 0.2) is 53.5 Å². The predicted molar refractivity (Wildman–Crippen MR) is 105 cm³/mol. The van der Waals surface area contributed by atoms with E-state index in [1.54, 1.807) is 24.3 Å². The molecule has 0 saturated heterocycles. The van der Waals surface area contributed by atoms with Gasteiger partial charge in [0.15, 0.2) is 5.96 Å². The molecule has 3 nitrogen and oxygen atoms in total. The fraction of sp³-hybridized carbons (Fsp3) is 0.278. The maximum absolute atomic E-state index is 13.6. The molecule has 0 radical (unpaired) electrons. The second kappa shape index (κ2) is 11.0. The van der Waals surface area contributed by atoms with E-state index in [0.29, 0.717) is 31.0 Å². The minimum Gasteiger partial charge on any atom is -0.357 e. The second-order valence-electron chi connectivity index (χ2n) is 5.09. The van der Waals surface area contributed by atoms with Crippen molar-refractivity contribution in [2.24, 2.45) is 4.99 Å². The van der Waals surface area contributed by atoms with Crippen molar-refractivity contribution in [3.05, 3.63) is 71.3 Å². The van der Waals surface area contributed by atoms with Gasteiger partial charge in [-0.15, -0.1) is 24.0 Å². The summed E-state index contributed by atoms with van der Waals surface area (Å²) < 4.78 is 26.7. The molecule has 0 bridgehead atoms. The van der Waals surface area contributed by atoms with Crippen LogP contribution in [0.4, 0.5) is 8.78 Å². The van der Waals surface area contributed by atoms with Crippen molar-refractivity contribution < 1.29 is 8.78 Å². The maximum Gasteiger partial charge on any atom is 0.191 e. The van der Waals surface area contributed by atoms with E-state index in [-0.39, 0.29) is 42.2 Å². The van der Waals surface area contributed by atoms with Crippen molar-refractivity contribution >= 4 is 29.9 Å². The first-order chi connectivity index (χ1) is 11.2. The largest absolute Gasteiger partial charge is 0.357 e. The Balaban J connectivity index is 0.00000288. The molecule has 2 aromatic rings. The third-order valence-corrected chi connectivity index (χ3v) is 3.30. The lowest BCUT2D eigenvalue weighted by Gasteiger charge is -2.11. The van der Waals surface area contributed by atoms with Crippen LogP contribution in [-0.2, 0) is 13.0 Å². The van der Waals surface area contributed by atoms with Crippen molar-refractivity contribution in [1.29, 1.82) is 0 Å². The Hall–Kier alpha value is -1.70. The van der Waals surface area contributed by atoms with Crippen molar-refractivity contribution in [2.75, 3.05) is 13.1 Å². The Labute approximate surface area is 158 Å². The number of hydrogen-bond acceptors (Lipinski definition) is 1. The summed E-state index contributed by atoms with van der Waals surface area (Å²) in [7, 11) is 0. The zero-order chi connectivity index (χ0) is 16.5. The van der Waals surface area contributed by atoms with Crippen LogP contribution in [0.25, 0.3) is 0 Å². The third kappa shape index (κ3) is 6.82. The topological polar surface area (TPSA) is 36.4 Å². The molecule has 0 aliphatic heterocycles. The van der Waals surface area contributed by atoms with Crippen LogP contribution in [0, 0.1) is 11.6 Å². The van der Waals surface area contributed by atoms with E-state index in [9.17, 15) is 8.78 Å². The smallest absolute Gasteiger partial charge is 0.191 e. The van der Waals surface area contributed by atoms with Gasteiger partial charge in [0.05, 0.1) is 6.54 Å². The summed E-state index contributed by atoms with van der Waals surface area (Å²) in [5, 5.41) is 6.28. The summed E-state index contributed by atoms with van der Waals surface area (Å²) in [6.07, 6.45) is 0.682. The van der Waals surface area contributed by atoms with Crippen molar-refractivity contribution in [2.45, 2.75) is 19.9 Å². The Bertz CT molecular complexity index is 662. The van der Waals surface area contributed by atoms with Gasteiger partial charge in [0.25, 0.3) is 0 Å². The minimum absolute atomic E-state index is 0. The van der Waals surface area contributed by atoms with Gasteiger partial charge in [-0.1, -0.05) is 30.3 Å². The van der Waals surface area contributed by atoms with Crippen LogP contribution in [0.3, 0.4) is 0 Å². The first kappa shape index (κ1) is 20.3. The lowest BCUT2D eigenvalue weighted by atomic mass is 10.1. The van der Waals surface area contributed by atoms with Crippen LogP contribution in [-0.4, -0.2) is 19.0 Å². The zero-order valence-electron chi connectivity index (χ0n) is 13.6. The number of benzene rings is 2. The normalized spacial score (nSPS) is 10.9. The Kier molecular flexibility index (Phi) is 9.29. The van der Waals surface area contributed by atoms with Gasteiger partial charge in [-0.2, -0.15) is 0 Å². The lowest BCUT2D eigenvalue weighted by molar-refractivity contribution is 0.610. The Morgan fingerprint density at radius 2 is 1.83 bits per heavy atom. The molecule has 0 heterocycles. The van der Waals surface area contributed by atoms with Crippen LogP contribution < -0.4 is 10.6 Å². The van der Waals surface area contributed by atoms with E-state index >= 15 is 0 Å². The summed E-state index contributed by atoms with van der Waals surface area (Å²) in [6.45, 7) is 3.56. The quantitative estimate of drug-likeness (QED) is 0.403. The van der Waals surface area contributed by atoms with Crippen molar-refractivity contribution in [3.8, 4) is 0 Å². The Morgan fingerprint density at radius 3 is 2.54 bits per heavy atom. The summed E-state index contributed by atoms with van der Waals surface area (Å²) in [5.74, 6) is 0.127. The molecule has 0 aliphatic carbocycles. The van der Waals surface area contributed by atoms with Gasteiger partial charge in [-0.25, -0.2) is 13.8 Å². The van der Waals surface area contributed by atoms with Gasteiger partial charge >= 0.3 is 0 Å². The fourth-order valence-corrected chi connectivity index (χ4v) is 2.15. The van der Waals surface area contributed by atoms with Gasteiger partial charge in [-0.3, -0.25) is 0 Å². The average Bonchev–Trinajstić information content (AvgIpc) is 2.54. The first-order valence-corrected chi connectivity index (χ1v) is 7.69. The van der Waals surface area contributed by atoms with Gasteiger partial charge < -0.3 is 10.6 Å². The zero-order valence-corrected chi connectivity index (χ0v) is 15.9. The van der Waals surface area contributed by atoms with E-state index < -0.39 is 0 Å². The van der Waals surface area contributed by atoms with E-state index in [1.807, 2.05) is 13.0 Å². The summed E-state index contributed by atoms with van der Waals surface area (Å²) in [4.78, 5) is 4.37. The van der Waals surface area contributed by atoms with Gasteiger partial charge in [-0.05, 0) is 37.1 Å². The number of nitrogens with zero attached hydrogens (tertiary/aromatic N) is 1. The molecule has 130 valence electrons. The summed E-state index contributed by atoms with van der Waals surface area (Å²) in [6, 6.07) is 13.1. The van der Waals surface area contributed by atoms with Crippen LogP contribution in [0.5, 0.6) is 0 Å². The molecule has 2 aromatic carbocycles. The van der Waals surface area contributed by atoms with E-state index in [1.165, 1.54) is 18.2 Å². The van der Waals surface area contributed by atoms with E-state index in [4.69, 9.17) is 0 Å². The molecule has 0 aliphatic rings. The molecule has 2 rings (SSSR count). The Morgan fingerprint density at radius 1 is 1.04 bits per heavy atom. The lowest BCUT2D eigenvalue weighted by Crippen LogP contribution is -2.38. The number of nitrogens with one attached hydrogen (secondary N) is 2. The summed E-state index contributed by atoms with van der Waals surface area (Å²) in [5.41, 5.74) is 1.47. The average molecular weight is 445 g/mol. The molecule has 0 fully saturated rings. The number of hydrogen-bond donors (Lipinski definition) is 2. The van der Waals surface area contributed by atoms with Crippen LogP contribution in [0.2, 0.25) is 0 Å². The number of halogens is 3. The highest BCUT2D eigenvalue weighted by atomic mass is 127. The van der Waals surface area contributed by atoms with Crippen LogP contribution in [0.1, 0.15) is 18.1 Å². The fourth-order valence-electron chi connectivity index (χ4n) is 2.15. The van der Waals surface area contributed by atoms with Gasteiger partial charge in [0.1, 0.15) is 11.6 Å². The standard InChI is InChI=1S/C18H21F2N3.HI/c1-2-21-18(23-13-15-7-3-4-9-17(15)20)22-11-10-14-6-5-8-16(19)12-14;/h3-9,12H,2,10-11,13H2,1H3,(H2,21,22,23);1H. The van der Waals surface area contributed by atoms with Crippen LogP contribution >= 0.6 is 24.0 Å². The van der Waals surface area contributed by atoms with Gasteiger partial charge in [0, 0.05) is 18.7 Å². The first-order valence-electron chi connectivity index (χ1n) is 7.69. The highest BCUT2D eigenvalue weighted by Crippen LogP contribution is 2.07. The minimum atomic E-state index is -0.258. The third-order valence-electron chi connectivity index (χ3n) is 3.30. The summed E-state index contributed by atoms with van der Waals surface area (Å²) >= 11 is 0. The molecule has 0 spiro atoms. The number of rotatable bonds is 6. The molecule has 24 heavy (non-hydrogen) atoms. The monoisotopic (exact) mass is 445 g/mol. The molecule has 0 amide bonds. The highest BCUT2D eigenvalue weighted by Gasteiger charge is 2.02. The molecule has 6 heteroatoms.